The van der Waals surface area contributed by atoms with Crippen LogP contribution in [0.3, 0.4) is 0 Å². The molecule has 8 nitrogen and oxygen atoms in total. The molecular formula is C23H19ClN4O4S. The standard InChI is InChI=1S/C23H19ClN4O4S/c24-20-7-4-17(13-19(20)21-8-3-15-9-10-25-22(15)27-21)26-23(29)16-1-5-18(6-2-16)28-11-12-32-14-33(28,30)31/h1-10,13H,11-12,14H2,(H,25,27)(H,26,29). The van der Waals surface area contributed by atoms with Crippen LogP contribution >= 0.6 is 11.6 Å². The number of anilines is 2. The monoisotopic (exact) mass is 482 g/mol. The van der Waals surface area contributed by atoms with Crippen LogP contribution in [0.5, 0.6) is 0 Å². The highest BCUT2D eigenvalue weighted by atomic mass is 35.5. The molecule has 0 spiro atoms. The summed E-state index contributed by atoms with van der Waals surface area (Å²) in [5, 5.41) is 4.37. The van der Waals surface area contributed by atoms with Crippen molar-refractivity contribution in [2.24, 2.45) is 0 Å². The third-order valence-corrected chi connectivity index (χ3v) is 7.19. The lowest BCUT2D eigenvalue weighted by atomic mass is 10.1. The van der Waals surface area contributed by atoms with Gasteiger partial charge in [0.05, 0.1) is 29.6 Å². The molecule has 3 heterocycles. The average molecular weight is 483 g/mol. The van der Waals surface area contributed by atoms with Crippen molar-refractivity contribution in [2.45, 2.75) is 0 Å². The number of pyridine rings is 1. The lowest BCUT2D eigenvalue weighted by Gasteiger charge is -2.28. The fraction of sp³-hybridized carbons (Fsp3) is 0.130. The van der Waals surface area contributed by atoms with Gasteiger partial charge in [-0.3, -0.25) is 9.10 Å². The highest BCUT2D eigenvalue weighted by Crippen LogP contribution is 2.31. The summed E-state index contributed by atoms with van der Waals surface area (Å²) >= 11 is 6.40. The van der Waals surface area contributed by atoms with E-state index in [0.29, 0.717) is 39.8 Å². The van der Waals surface area contributed by atoms with Gasteiger partial charge in [-0.15, -0.1) is 0 Å². The number of carbonyl (C=O) groups is 1. The van der Waals surface area contributed by atoms with E-state index < -0.39 is 10.0 Å². The zero-order chi connectivity index (χ0) is 23.0. The Morgan fingerprint density at radius 1 is 1.09 bits per heavy atom. The zero-order valence-corrected chi connectivity index (χ0v) is 18.9. The molecule has 0 aliphatic carbocycles. The minimum absolute atomic E-state index is 0.240. The van der Waals surface area contributed by atoms with Gasteiger partial charge >= 0.3 is 0 Å². The molecule has 1 aliphatic heterocycles. The summed E-state index contributed by atoms with van der Waals surface area (Å²) in [5.41, 5.74) is 3.58. The lowest BCUT2D eigenvalue weighted by Crippen LogP contribution is -2.41. The van der Waals surface area contributed by atoms with Gasteiger partial charge in [0, 0.05) is 28.4 Å². The summed E-state index contributed by atoms with van der Waals surface area (Å²) in [7, 11) is -3.51. The number of nitrogens with zero attached hydrogens (tertiary/aromatic N) is 2. The Bertz CT molecular complexity index is 1450. The van der Waals surface area contributed by atoms with Crippen molar-refractivity contribution in [1.82, 2.24) is 9.97 Å². The number of aromatic amines is 1. The van der Waals surface area contributed by atoms with Crippen molar-refractivity contribution in [1.29, 1.82) is 0 Å². The van der Waals surface area contributed by atoms with Crippen LogP contribution in [0.4, 0.5) is 11.4 Å². The molecule has 0 atom stereocenters. The normalized spacial score (nSPS) is 15.5. The number of hydrogen-bond donors (Lipinski definition) is 2. The number of nitrogens with one attached hydrogen (secondary N) is 2. The Hall–Kier alpha value is -3.40. The average Bonchev–Trinajstić information content (AvgIpc) is 3.28. The Labute approximate surface area is 195 Å². The lowest BCUT2D eigenvalue weighted by molar-refractivity contribution is 0.102. The molecule has 2 aromatic heterocycles. The Morgan fingerprint density at radius 3 is 2.70 bits per heavy atom. The van der Waals surface area contributed by atoms with Crippen molar-refractivity contribution >= 4 is 49.9 Å². The van der Waals surface area contributed by atoms with E-state index in [9.17, 15) is 13.2 Å². The SMILES string of the molecule is O=C(Nc1ccc(Cl)c(-c2ccc3cc[nH]c3n2)c1)c1ccc(N2CCOCS2(=O)=O)cc1. The van der Waals surface area contributed by atoms with Crippen molar-refractivity contribution in [3.8, 4) is 11.3 Å². The van der Waals surface area contributed by atoms with E-state index in [1.54, 1.807) is 42.5 Å². The van der Waals surface area contributed by atoms with Crippen LogP contribution < -0.4 is 9.62 Å². The maximum atomic E-state index is 12.8. The molecule has 0 saturated carbocycles. The molecule has 33 heavy (non-hydrogen) atoms. The molecule has 0 radical (unpaired) electrons. The quantitative estimate of drug-likeness (QED) is 0.452. The van der Waals surface area contributed by atoms with Crippen LogP contribution in [0.15, 0.2) is 66.9 Å². The maximum Gasteiger partial charge on any atom is 0.259 e. The van der Waals surface area contributed by atoms with E-state index in [-0.39, 0.29) is 18.4 Å². The summed E-state index contributed by atoms with van der Waals surface area (Å²) in [6, 6.07) is 17.4. The minimum atomic E-state index is -3.51. The number of fused-ring (bicyclic) bond motifs is 1. The predicted octanol–water partition coefficient (Wildman–Crippen LogP) is 4.26. The number of rotatable bonds is 4. The molecule has 1 aliphatic rings. The van der Waals surface area contributed by atoms with Gasteiger partial charge < -0.3 is 15.0 Å². The molecule has 168 valence electrons. The van der Waals surface area contributed by atoms with Crippen molar-refractivity contribution < 1.29 is 17.9 Å². The fourth-order valence-corrected chi connectivity index (χ4v) is 5.13. The highest BCUT2D eigenvalue weighted by molar-refractivity contribution is 7.92. The van der Waals surface area contributed by atoms with E-state index in [1.165, 1.54) is 4.31 Å². The summed E-state index contributed by atoms with van der Waals surface area (Å²) in [5.74, 6) is -0.674. The Balaban J connectivity index is 1.36. The molecule has 5 rings (SSSR count). The number of H-pyrrole nitrogens is 1. The first-order valence-corrected chi connectivity index (χ1v) is 12.1. The first kappa shape index (κ1) is 21.4. The third-order valence-electron chi connectivity index (χ3n) is 5.33. The van der Waals surface area contributed by atoms with Gasteiger partial charge in [0.15, 0.2) is 5.94 Å². The molecule has 4 aromatic rings. The number of amides is 1. The fourth-order valence-electron chi connectivity index (χ4n) is 3.67. The second-order valence-corrected chi connectivity index (χ2v) is 9.77. The van der Waals surface area contributed by atoms with Crippen molar-refractivity contribution in [2.75, 3.05) is 28.7 Å². The van der Waals surface area contributed by atoms with Crippen LogP contribution in [0.25, 0.3) is 22.3 Å². The van der Waals surface area contributed by atoms with E-state index in [4.69, 9.17) is 16.3 Å². The molecule has 2 aromatic carbocycles. The minimum Gasteiger partial charge on any atom is -0.362 e. The Morgan fingerprint density at radius 2 is 1.91 bits per heavy atom. The second-order valence-electron chi connectivity index (χ2n) is 7.52. The van der Waals surface area contributed by atoms with Gasteiger partial charge in [-0.1, -0.05) is 11.6 Å². The first-order chi connectivity index (χ1) is 15.9. The predicted molar refractivity (Wildman–Crippen MR) is 128 cm³/mol. The van der Waals surface area contributed by atoms with E-state index in [2.05, 4.69) is 15.3 Å². The van der Waals surface area contributed by atoms with Crippen molar-refractivity contribution in [3.05, 3.63) is 77.4 Å². The van der Waals surface area contributed by atoms with Gasteiger partial charge in [-0.25, -0.2) is 13.4 Å². The number of hydrogen-bond acceptors (Lipinski definition) is 5. The van der Waals surface area contributed by atoms with Crippen LogP contribution in [0, 0.1) is 0 Å². The van der Waals surface area contributed by atoms with Crippen LogP contribution in [-0.4, -0.2) is 43.4 Å². The summed E-state index contributed by atoms with van der Waals surface area (Å²) in [6.45, 7) is 0.565. The smallest absolute Gasteiger partial charge is 0.259 e. The maximum absolute atomic E-state index is 12.8. The van der Waals surface area contributed by atoms with Gasteiger partial charge in [-0.2, -0.15) is 0 Å². The van der Waals surface area contributed by atoms with E-state index >= 15 is 0 Å². The summed E-state index contributed by atoms with van der Waals surface area (Å²) in [4.78, 5) is 20.5. The van der Waals surface area contributed by atoms with Crippen LogP contribution in [-0.2, 0) is 14.8 Å². The van der Waals surface area contributed by atoms with Crippen molar-refractivity contribution in [3.63, 3.8) is 0 Å². The Kier molecular flexibility index (Phi) is 5.53. The molecule has 0 bridgehead atoms. The summed E-state index contributed by atoms with van der Waals surface area (Å²) in [6.07, 6.45) is 1.82. The molecule has 1 fully saturated rings. The second kappa shape index (κ2) is 8.51. The molecule has 10 heteroatoms. The number of halogens is 1. The number of sulfonamides is 1. The van der Waals surface area contributed by atoms with Crippen LogP contribution in [0.1, 0.15) is 10.4 Å². The molecule has 0 unspecified atom stereocenters. The zero-order valence-electron chi connectivity index (χ0n) is 17.3. The van der Waals surface area contributed by atoms with E-state index in [1.807, 2.05) is 24.4 Å². The number of benzene rings is 2. The largest absolute Gasteiger partial charge is 0.362 e. The third kappa shape index (κ3) is 4.30. The molecular weight excluding hydrogens is 464 g/mol. The van der Waals surface area contributed by atoms with Gasteiger partial charge in [-0.05, 0) is 60.7 Å². The molecule has 1 saturated heterocycles. The van der Waals surface area contributed by atoms with Gasteiger partial charge in [0.2, 0.25) is 0 Å². The van der Waals surface area contributed by atoms with Gasteiger partial charge in [0.1, 0.15) is 5.65 Å². The topological polar surface area (TPSA) is 104 Å². The number of ether oxygens (including phenoxy) is 1. The van der Waals surface area contributed by atoms with E-state index in [0.717, 1.165) is 11.0 Å². The first-order valence-electron chi connectivity index (χ1n) is 10.1. The number of aromatic nitrogens is 2. The highest BCUT2D eigenvalue weighted by Gasteiger charge is 2.26. The summed E-state index contributed by atoms with van der Waals surface area (Å²) < 4.78 is 30.7. The molecule has 1 amide bonds. The van der Waals surface area contributed by atoms with Crippen LogP contribution in [0.2, 0.25) is 5.02 Å². The number of carbonyl (C=O) groups excluding carboxylic acids is 1. The molecule has 2 N–H and O–H groups in total. The van der Waals surface area contributed by atoms with Gasteiger partial charge in [0.25, 0.3) is 15.9 Å².